The van der Waals surface area contributed by atoms with E-state index in [0.29, 0.717) is 0 Å². The molecule has 4 N–H and O–H groups in total. The smallest absolute Gasteiger partial charge is 0.230 e. The number of benzene rings is 2. The van der Waals surface area contributed by atoms with Gasteiger partial charge in [-0.15, -0.1) is 0 Å². The van der Waals surface area contributed by atoms with Crippen LogP contribution in [-0.4, -0.2) is 11.8 Å². The minimum absolute atomic E-state index is 0.00544. The van der Waals surface area contributed by atoms with E-state index >= 15 is 0 Å². The number of fused-ring (bicyclic) bond motifs is 1. The monoisotopic (exact) mass is 416 g/mol. The van der Waals surface area contributed by atoms with Gasteiger partial charge >= 0.3 is 0 Å². The first-order chi connectivity index (χ1) is 14.3. The summed E-state index contributed by atoms with van der Waals surface area (Å²) in [4.78, 5) is 22.9. The van der Waals surface area contributed by atoms with E-state index in [2.05, 4.69) is 65.5 Å². The molecule has 31 heavy (non-hydrogen) atoms. The van der Waals surface area contributed by atoms with Gasteiger partial charge in [-0.3, -0.25) is 9.59 Å². The molecule has 0 radical (unpaired) electrons. The molecule has 0 saturated carbocycles. The first-order valence-electron chi connectivity index (χ1n) is 10.6. The maximum atomic E-state index is 11.5. The van der Waals surface area contributed by atoms with E-state index in [1.165, 1.54) is 16.7 Å². The molecule has 0 aromatic heterocycles. The molecule has 2 aromatic rings. The highest BCUT2D eigenvalue weighted by Crippen LogP contribution is 2.43. The highest BCUT2D eigenvalue weighted by atomic mass is 16.2. The molecule has 4 heteroatoms. The van der Waals surface area contributed by atoms with Gasteiger partial charge in [0.2, 0.25) is 11.8 Å². The van der Waals surface area contributed by atoms with Gasteiger partial charge in [0.1, 0.15) is 5.92 Å². The van der Waals surface area contributed by atoms with Gasteiger partial charge in [-0.2, -0.15) is 0 Å². The van der Waals surface area contributed by atoms with Crippen molar-refractivity contribution < 1.29 is 9.59 Å². The van der Waals surface area contributed by atoms with Gasteiger partial charge < -0.3 is 11.5 Å². The lowest BCUT2D eigenvalue weighted by molar-refractivity contribution is -0.131. The van der Waals surface area contributed by atoms with Crippen LogP contribution in [0.3, 0.4) is 0 Å². The van der Waals surface area contributed by atoms with Gasteiger partial charge in [0.05, 0.1) is 0 Å². The molecule has 0 spiro atoms. The third-order valence-corrected chi connectivity index (χ3v) is 6.42. The SMILES string of the molecule is C=C(c1ccc(CC(C(N)=O)C(N)=O)cc1)c1cc2c(cc1C)C(C)(C)C=CC2(C)C. The lowest BCUT2D eigenvalue weighted by atomic mass is 9.67. The van der Waals surface area contributed by atoms with Crippen LogP contribution in [0, 0.1) is 12.8 Å². The molecule has 4 nitrogen and oxygen atoms in total. The summed E-state index contributed by atoms with van der Waals surface area (Å²) in [6, 6.07) is 12.3. The Labute approximate surface area is 185 Å². The number of rotatable bonds is 6. The fourth-order valence-corrected chi connectivity index (χ4v) is 4.27. The van der Waals surface area contributed by atoms with Crippen molar-refractivity contribution in [2.75, 3.05) is 0 Å². The van der Waals surface area contributed by atoms with Crippen molar-refractivity contribution in [2.24, 2.45) is 17.4 Å². The standard InChI is InChI=1S/C27H32N2O2/c1-16-13-22-23(27(5,6)12-11-26(22,3)4)15-20(16)17(2)19-9-7-18(8-10-19)14-21(24(28)30)25(29)31/h7-13,15,21H,2,14H2,1,3-6H3,(H2,28,30)(H2,29,31). The average molecular weight is 417 g/mol. The highest BCUT2D eigenvalue weighted by Gasteiger charge is 2.33. The van der Waals surface area contributed by atoms with E-state index in [4.69, 9.17) is 11.5 Å². The summed E-state index contributed by atoms with van der Waals surface area (Å²) in [7, 11) is 0. The predicted octanol–water partition coefficient (Wildman–Crippen LogP) is 4.31. The van der Waals surface area contributed by atoms with Crippen molar-refractivity contribution in [3.05, 3.63) is 88.5 Å². The molecule has 0 unspecified atom stereocenters. The fraction of sp³-hybridized carbons (Fsp3) is 0.333. The molecule has 1 aliphatic carbocycles. The number of hydrogen-bond donors (Lipinski definition) is 2. The van der Waals surface area contributed by atoms with Crippen molar-refractivity contribution in [3.63, 3.8) is 0 Å². The Morgan fingerprint density at radius 3 is 1.87 bits per heavy atom. The van der Waals surface area contributed by atoms with Crippen molar-refractivity contribution in [1.82, 2.24) is 0 Å². The number of allylic oxidation sites excluding steroid dienone is 2. The van der Waals surface area contributed by atoms with Crippen LogP contribution in [0.1, 0.15) is 61.1 Å². The van der Waals surface area contributed by atoms with E-state index in [1.54, 1.807) is 0 Å². The Morgan fingerprint density at radius 1 is 0.903 bits per heavy atom. The largest absolute Gasteiger partial charge is 0.369 e. The van der Waals surface area contributed by atoms with Gasteiger partial charge in [-0.25, -0.2) is 0 Å². The predicted molar refractivity (Wildman–Crippen MR) is 127 cm³/mol. The number of primary amides is 2. The van der Waals surface area contributed by atoms with Gasteiger partial charge in [0, 0.05) is 10.8 Å². The second-order valence-electron chi connectivity index (χ2n) is 9.73. The number of carbonyl (C=O) groups is 2. The van der Waals surface area contributed by atoms with E-state index < -0.39 is 17.7 Å². The molecule has 0 heterocycles. The van der Waals surface area contributed by atoms with Crippen LogP contribution in [0.2, 0.25) is 0 Å². The van der Waals surface area contributed by atoms with E-state index in [1.807, 2.05) is 24.3 Å². The lowest BCUT2D eigenvalue weighted by Gasteiger charge is -2.37. The van der Waals surface area contributed by atoms with Crippen LogP contribution < -0.4 is 11.5 Å². The summed E-state index contributed by atoms with van der Waals surface area (Å²) in [6.07, 6.45) is 4.79. The van der Waals surface area contributed by atoms with Crippen molar-refractivity contribution in [2.45, 2.75) is 51.9 Å². The van der Waals surface area contributed by atoms with Crippen molar-refractivity contribution >= 4 is 17.4 Å². The Hall–Kier alpha value is -3.14. The summed E-state index contributed by atoms with van der Waals surface area (Å²) in [6.45, 7) is 15.5. The zero-order valence-electron chi connectivity index (χ0n) is 19.1. The minimum Gasteiger partial charge on any atom is -0.369 e. The number of carbonyl (C=O) groups excluding carboxylic acids is 2. The summed E-state index contributed by atoms with van der Waals surface area (Å²) in [5.41, 5.74) is 18.3. The van der Waals surface area contributed by atoms with E-state index in [9.17, 15) is 9.59 Å². The van der Waals surface area contributed by atoms with Crippen LogP contribution >= 0.6 is 0 Å². The molecule has 0 aliphatic heterocycles. The van der Waals surface area contributed by atoms with E-state index in [-0.39, 0.29) is 17.3 Å². The Balaban J connectivity index is 1.94. The van der Waals surface area contributed by atoms with Crippen molar-refractivity contribution in [1.29, 1.82) is 0 Å². The zero-order valence-corrected chi connectivity index (χ0v) is 19.1. The Morgan fingerprint density at radius 2 is 1.39 bits per heavy atom. The lowest BCUT2D eigenvalue weighted by Crippen LogP contribution is -2.36. The van der Waals surface area contributed by atoms with Gasteiger partial charge in [0.15, 0.2) is 0 Å². The highest BCUT2D eigenvalue weighted by molar-refractivity contribution is 5.99. The first kappa shape index (κ1) is 22.5. The topological polar surface area (TPSA) is 86.2 Å². The Kier molecular flexibility index (Phi) is 5.70. The summed E-state index contributed by atoms with van der Waals surface area (Å²) >= 11 is 0. The number of hydrogen-bond acceptors (Lipinski definition) is 2. The average Bonchev–Trinajstić information content (AvgIpc) is 2.69. The fourth-order valence-electron chi connectivity index (χ4n) is 4.27. The molecule has 3 rings (SSSR count). The third-order valence-electron chi connectivity index (χ3n) is 6.42. The summed E-state index contributed by atoms with van der Waals surface area (Å²) in [5, 5.41) is 0. The third kappa shape index (κ3) is 4.34. The second kappa shape index (κ2) is 7.84. The van der Waals surface area contributed by atoms with Gasteiger partial charge in [-0.1, -0.05) is 76.8 Å². The number of amides is 2. The van der Waals surface area contributed by atoms with E-state index in [0.717, 1.165) is 22.3 Å². The molecule has 0 fully saturated rings. The van der Waals surface area contributed by atoms with Gasteiger partial charge in [0.25, 0.3) is 0 Å². The molecule has 2 aromatic carbocycles. The first-order valence-corrected chi connectivity index (χ1v) is 10.6. The zero-order chi connectivity index (χ0) is 23.1. The summed E-state index contributed by atoms with van der Waals surface area (Å²) < 4.78 is 0. The minimum atomic E-state index is -1.00. The molecule has 2 amide bonds. The Bertz CT molecular complexity index is 1070. The normalized spacial score (nSPS) is 16.1. The van der Waals surface area contributed by atoms with Crippen molar-refractivity contribution in [3.8, 4) is 0 Å². The quantitative estimate of drug-likeness (QED) is 0.543. The van der Waals surface area contributed by atoms with Crippen LogP contribution in [0.15, 0.2) is 55.1 Å². The molecule has 1 aliphatic rings. The van der Waals surface area contributed by atoms with Crippen LogP contribution in [0.25, 0.3) is 5.57 Å². The molecule has 0 bridgehead atoms. The molecular weight excluding hydrogens is 384 g/mol. The van der Waals surface area contributed by atoms with Crippen LogP contribution in [0.5, 0.6) is 0 Å². The molecular formula is C27H32N2O2. The van der Waals surface area contributed by atoms with Crippen LogP contribution in [-0.2, 0) is 26.8 Å². The summed E-state index contributed by atoms with van der Waals surface area (Å²) in [5.74, 6) is -2.41. The number of aryl methyl sites for hydroxylation is 1. The number of nitrogens with two attached hydrogens (primary N) is 2. The maximum Gasteiger partial charge on any atom is 0.230 e. The molecule has 0 saturated heterocycles. The molecule has 0 atom stereocenters. The second-order valence-corrected chi connectivity index (χ2v) is 9.73. The van der Waals surface area contributed by atoms with Gasteiger partial charge in [-0.05, 0) is 58.4 Å². The molecule has 162 valence electrons. The maximum absolute atomic E-state index is 11.5. The van der Waals surface area contributed by atoms with Crippen LogP contribution in [0.4, 0.5) is 0 Å².